The lowest BCUT2D eigenvalue weighted by Gasteiger charge is -2.19. The largest absolute Gasteiger partial charge is 0.494 e. The lowest BCUT2D eigenvalue weighted by Crippen LogP contribution is -2.13. The first-order valence-corrected chi connectivity index (χ1v) is 39.3. The third-order valence-corrected chi connectivity index (χ3v) is 17.7. The van der Waals surface area contributed by atoms with Gasteiger partial charge in [-0.25, -0.2) is 19.2 Å². The Morgan fingerprint density at radius 3 is 0.925 bits per heavy atom. The van der Waals surface area contributed by atoms with Gasteiger partial charge in [0.1, 0.15) is 56.9 Å². The van der Waals surface area contributed by atoms with Crippen LogP contribution in [0.1, 0.15) is 227 Å². The van der Waals surface area contributed by atoms with E-state index in [2.05, 4.69) is 19.7 Å². The molecule has 588 valence electrons. The molecule has 1 aliphatic rings. The van der Waals surface area contributed by atoms with Crippen LogP contribution in [0, 0.1) is 0 Å². The van der Waals surface area contributed by atoms with Gasteiger partial charge in [0.05, 0.1) is 84.8 Å². The molecule has 0 saturated carbocycles. The Bertz CT molecular complexity index is 3210. The second-order valence-electron chi connectivity index (χ2n) is 27.3. The van der Waals surface area contributed by atoms with Crippen LogP contribution in [0.25, 0.3) is 0 Å². The zero-order chi connectivity index (χ0) is 76.0. The van der Waals surface area contributed by atoms with E-state index in [0.29, 0.717) is 125 Å². The van der Waals surface area contributed by atoms with Crippen molar-refractivity contribution in [3.8, 4) is 46.0 Å². The summed E-state index contributed by atoms with van der Waals surface area (Å²) < 4.78 is 89.5. The molecule has 0 saturated heterocycles. The van der Waals surface area contributed by atoms with Gasteiger partial charge in [-0.15, -0.1) is 0 Å². The van der Waals surface area contributed by atoms with E-state index in [1.165, 1.54) is 57.8 Å². The first-order valence-electron chi connectivity index (χ1n) is 39.3. The van der Waals surface area contributed by atoms with Gasteiger partial charge >= 0.3 is 23.9 Å². The number of hydrogen-bond acceptors (Lipinski definition) is 19. The molecule has 0 fully saturated rings. The number of carbonyl (C=O) groups is 4. The molecule has 0 amide bonds. The predicted molar refractivity (Wildman–Crippen MR) is 416 cm³/mol. The Morgan fingerprint density at radius 1 is 0.299 bits per heavy atom. The van der Waals surface area contributed by atoms with Crippen molar-refractivity contribution in [1.82, 2.24) is 0 Å². The Balaban J connectivity index is 1.10. The first-order chi connectivity index (χ1) is 52.3. The summed E-state index contributed by atoms with van der Waals surface area (Å²) in [5.74, 6) is 2.60. The van der Waals surface area contributed by atoms with Gasteiger partial charge in [-0.3, -0.25) is 0 Å². The van der Waals surface area contributed by atoms with E-state index in [4.69, 9.17) is 71.1 Å². The third kappa shape index (κ3) is 39.2. The lowest BCUT2D eigenvalue weighted by molar-refractivity contribution is -0.139. The SMILES string of the molecule is C=C(C)C(=O)OCCCCCCCCCCCOc1ccc(COc2cc(C(=O)OCc3ccc4c(c3)OCCOCCOCCOCCO4)cc(OCc3ccc(OCCCCCCCCCCCOC(=O)C(=C)C)cc3)c2OCc2ccc(OCCCCCCCCCCCOC(=O)C(=C)C)cc2)cc1. The predicted octanol–water partition coefficient (Wildman–Crippen LogP) is 19.6. The monoisotopic (exact) mass is 1480 g/mol. The fourth-order valence-electron chi connectivity index (χ4n) is 11.4. The maximum absolute atomic E-state index is 14.5. The smallest absolute Gasteiger partial charge is 0.338 e. The van der Waals surface area contributed by atoms with Gasteiger partial charge in [0.15, 0.2) is 23.0 Å². The van der Waals surface area contributed by atoms with Gasteiger partial charge in [-0.1, -0.05) is 197 Å². The number of ether oxygens (including phenoxy) is 15. The molecular formula is C88H122O19. The van der Waals surface area contributed by atoms with Crippen molar-refractivity contribution in [3.63, 3.8) is 0 Å². The fraction of sp³-hybridized carbons (Fsp3) is 0.545. The molecular weight excluding hydrogens is 1360 g/mol. The van der Waals surface area contributed by atoms with Gasteiger partial charge in [-0.05, 0) is 142 Å². The van der Waals surface area contributed by atoms with Crippen molar-refractivity contribution in [2.45, 2.75) is 221 Å². The van der Waals surface area contributed by atoms with Crippen molar-refractivity contribution >= 4 is 23.9 Å². The molecule has 0 aliphatic carbocycles. The Labute approximate surface area is 637 Å². The van der Waals surface area contributed by atoms with Crippen LogP contribution in [0.3, 0.4) is 0 Å². The van der Waals surface area contributed by atoms with Crippen molar-refractivity contribution in [3.05, 3.63) is 167 Å². The Morgan fingerprint density at radius 2 is 0.589 bits per heavy atom. The zero-order valence-electron chi connectivity index (χ0n) is 64.5. The summed E-state index contributed by atoms with van der Waals surface area (Å²) in [4.78, 5) is 49.3. The molecule has 0 bridgehead atoms. The number of benzene rings is 5. The quantitative estimate of drug-likeness (QED) is 0.0153. The minimum absolute atomic E-state index is 0.0824. The molecule has 6 rings (SSSR count). The number of carbonyl (C=O) groups excluding carboxylic acids is 4. The molecule has 0 unspecified atom stereocenters. The first kappa shape index (κ1) is 87.4. The number of unbranched alkanes of at least 4 members (excludes halogenated alkanes) is 24. The van der Waals surface area contributed by atoms with E-state index in [9.17, 15) is 19.2 Å². The van der Waals surface area contributed by atoms with Crippen LogP contribution >= 0.6 is 0 Å². The number of fused-ring (bicyclic) bond motifs is 1. The number of esters is 4. The maximum Gasteiger partial charge on any atom is 0.338 e. The molecule has 19 nitrogen and oxygen atoms in total. The van der Waals surface area contributed by atoms with Crippen LogP contribution in [0.5, 0.6) is 46.0 Å². The summed E-state index contributed by atoms with van der Waals surface area (Å²) in [6.07, 6.45) is 29.4. The van der Waals surface area contributed by atoms with Gasteiger partial charge in [0.25, 0.3) is 0 Å². The summed E-state index contributed by atoms with van der Waals surface area (Å²) in [5, 5.41) is 0. The van der Waals surface area contributed by atoms with Crippen molar-refractivity contribution < 1.29 is 90.2 Å². The molecule has 19 heteroatoms. The normalized spacial score (nSPS) is 12.5. The third-order valence-electron chi connectivity index (χ3n) is 17.7. The van der Waals surface area contributed by atoms with E-state index in [0.717, 1.165) is 150 Å². The molecule has 0 atom stereocenters. The summed E-state index contributed by atoms with van der Waals surface area (Å²) in [6.45, 7) is 22.5. The highest BCUT2D eigenvalue weighted by atomic mass is 16.6. The molecule has 5 aromatic carbocycles. The van der Waals surface area contributed by atoms with Crippen molar-refractivity contribution in [2.24, 2.45) is 0 Å². The summed E-state index contributed by atoms with van der Waals surface area (Å²) in [5.41, 5.74) is 4.78. The fourth-order valence-corrected chi connectivity index (χ4v) is 11.4. The van der Waals surface area contributed by atoms with E-state index in [1.54, 1.807) is 45.0 Å². The summed E-state index contributed by atoms with van der Waals surface area (Å²) in [6, 6.07) is 32.2. The van der Waals surface area contributed by atoms with E-state index in [1.807, 2.05) is 78.9 Å². The maximum atomic E-state index is 14.5. The summed E-state index contributed by atoms with van der Waals surface area (Å²) >= 11 is 0. The molecule has 0 N–H and O–H groups in total. The zero-order valence-corrected chi connectivity index (χ0v) is 64.5. The Hall–Kier alpha value is -8.52. The van der Waals surface area contributed by atoms with Crippen LogP contribution in [0.15, 0.2) is 140 Å². The van der Waals surface area contributed by atoms with Crippen LogP contribution in [0.2, 0.25) is 0 Å². The number of rotatable bonds is 54. The van der Waals surface area contributed by atoms with Gasteiger partial charge < -0.3 is 71.1 Å². The van der Waals surface area contributed by atoms with Crippen LogP contribution < -0.4 is 37.9 Å². The standard InChI is InChI=1S/C88H122O19/c1-69(2)85(89)101-51-31-25-19-13-7-10-16-22-28-48-96-77-41-34-72(35-42-77)65-104-82-63-76(88(92)107-68-75-40-47-80-81(62-75)100-61-59-95-57-55-93-54-56-94-58-60-99-80)64-83(105-66-73-36-43-78(44-37-73)97-49-29-23-17-11-8-14-20-26-32-52-102-86(90)70(3)4)84(82)106-67-74-38-45-79(46-39-74)98-50-30-24-18-12-9-15-21-27-33-53-103-87(91)71(5)6/h34-47,62-64H,1,3,5,7-33,48-61,65-68H2,2,4,6H3. The van der Waals surface area contributed by atoms with Crippen LogP contribution in [0.4, 0.5) is 0 Å². The lowest BCUT2D eigenvalue weighted by atomic mass is 10.1. The molecule has 5 aromatic rings. The van der Waals surface area contributed by atoms with Gasteiger partial charge in [-0.2, -0.15) is 0 Å². The van der Waals surface area contributed by atoms with Crippen molar-refractivity contribution in [2.75, 3.05) is 92.5 Å². The second-order valence-corrected chi connectivity index (χ2v) is 27.3. The number of hydrogen-bond donors (Lipinski definition) is 0. The van der Waals surface area contributed by atoms with Gasteiger partial charge in [0, 0.05) is 16.7 Å². The van der Waals surface area contributed by atoms with Crippen molar-refractivity contribution in [1.29, 1.82) is 0 Å². The Kier molecular flexibility index (Phi) is 44.9. The summed E-state index contributed by atoms with van der Waals surface area (Å²) in [7, 11) is 0. The highest BCUT2D eigenvalue weighted by Crippen LogP contribution is 2.41. The molecule has 1 heterocycles. The molecule has 107 heavy (non-hydrogen) atoms. The molecule has 0 radical (unpaired) electrons. The topological polar surface area (TPSA) is 207 Å². The van der Waals surface area contributed by atoms with Crippen LogP contribution in [-0.4, -0.2) is 116 Å². The van der Waals surface area contributed by atoms with E-state index in [-0.39, 0.29) is 68.0 Å². The highest BCUT2D eigenvalue weighted by molar-refractivity contribution is 5.91. The van der Waals surface area contributed by atoms with E-state index < -0.39 is 5.97 Å². The second kappa shape index (κ2) is 55.0. The minimum Gasteiger partial charge on any atom is -0.494 e. The van der Waals surface area contributed by atoms with Crippen LogP contribution in [-0.2, 0) is 74.0 Å². The molecule has 1 aliphatic heterocycles. The van der Waals surface area contributed by atoms with Gasteiger partial charge in [0.2, 0.25) is 5.75 Å². The minimum atomic E-state index is -0.616. The van der Waals surface area contributed by atoms with E-state index >= 15 is 0 Å². The molecule has 0 aromatic heterocycles. The highest BCUT2D eigenvalue weighted by Gasteiger charge is 2.22. The average molecular weight is 1480 g/mol. The molecule has 0 spiro atoms. The average Bonchev–Trinajstić information content (AvgIpc) is 0.808.